The van der Waals surface area contributed by atoms with Crippen molar-refractivity contribution in [1.29, 1.82) is 0 Å². The molecule has 0 aliphatic carbocycles. The van der Waals surface area contributed by atoms with Crippen molar-refractivity contribution in [3.63, 3.8) is 0 Å². The Balaban J connectivity index is 1.58. The molecule has 2 heterocycles. The summed E-state index contributed by atoms with van der Waals surface area (Å²) in [5, 5.41) is 10.8. The van der Waals surface area contributed by atoms with E-state index < -0.39 is 11.9 Å². The number of halogens is 1. The highest BCUT2D eigenvalue weighted by Gasteiger charge is 2.41. The van der Waals surface area contributed by atoms with E-state index in [1.165, 1.54) is 0 Å². The predicted molar refractivity (Wildman–Crippen MR) is 116 cm³/mol. The van der Waals surface area contributed by atoms with Crippen LogP contribution >= 0.6 is 15.9 Å². The van der Waals surface area contributed by atoms with Gasteiger partial charge in [-0.1, -0.05) is 64.5 Å². The van der Waals surface area contributed by atoms with Crippen LogP contribution in [0, 0.1) is 0 Å². The Morgan fingerprint density at radius 3 is 2.57 bits per heavy atom. The zero-order valence-corrected chi connectivity index (χ0v) is 17.5. The summed E-state index contributed by atoms with van der Waals surface area (Å²) in [6.45, 7) is 0.523. The van der Waals surface area contributed by atoms with Crippen LogP contribution in [-0.4, -0.2) is 22.7 Å². The highest BCUT2D eigenvalue weighted by Crippen LogP contribution is 2.44. The fraction of sp³-hybridized carbons (Fsp3) is 0.125. The first-order valence-corrected chi connectivity index (χ1v) is 10.3. The summed E-state index contributed by atoms with van der Waals surface area (Å²) in [4.78, 5) is 14.8. The van der Waals surface area contributed by atoms with Gasteiger partial charge in [0.2, 0.25) is 6.79 Å². The van der Waals surface area contributed by atoms with Crippen molar-refractivity contribution in [2.45, 2.75) is 12.6 Å². The SMILES string of the molecule is O=C1C(O)=C(c2ccccc2)[C@H](c2cccc(Br)c2)N1Cc1ccc2c(c1)OCO2. The molecule has 0 radical (unpaired) electrons. The average Bonchev–Trinajstić information content (AvgIpc) is 3.32. The maximum absolute atomic E-state index is 13.1. The molecule has 0 spiro atoms. The zero-order valence-electron chi connectivity index (χ0n) is 15.9. The number of amides is 1. The Kier molecular flexibility index (Phi) is 4.71. The molecule has 0 saturated heterocycles. The zero-order chi connectivity index (χ0) is 20.7. The number of aliphatic hydroxyl groups excluding tert-OH is 1. The van der Waals surface area contributed by atoms with Crippen LogP contribution in [-0.2, 0) is 11.3 Å². The molecule has 0 saturated carbocycles. The van der Waals surface area contributed by atoms with E-state index in [1.54, 1.807) is 4.90 Å². The lowest BCUT2D eigenvalue weighted by atomic mass is 9.93. The molecule has 3 aromatic rings. The van der Waals surface area contributed by atoms with Crippen LogP contribution in [0.3, 0.4) is 0 Å². The first-order chi connectivity index (χ1) is 14.6. The summed E-state index contributed by atoms with van der Waals surface area (Å²) in [6, 6.07) is 22.6. The third kappa shape index (κ3) is 3.23. The molecule has 6 heteroatoms. The Bertz CT molecular complexity index is 1160. The second-order valence-electron chi connectivity index (χ2n) is 7.21. The number of hydrogen-bond donors (Lipinski definition) is 1. The smallest absolute Gasteiger partial charge is 0.290 e. The Morgan fingerprint density at radius 2 is 1.77 bits per heavy atom. The lowest BCUT2D eigenvalue weighted by Gasteiger charge is -2.27. The van der Waals surface area contributed by atoms with Crippen molar-refractivity contribution in [3.05, 3.63) is 99.7 Å². The lowest BCUT2D eigenvalue weighted by molar-refractivity contribution is -0.130. The molecule has 150 valence electrons. The van der Waals surface area contributed by atoms with Gasteiger partial charge in [0.05, 0.1) is 6.04 Å². The van der Waals surface area contributed by atoms with Crippen LogP contribution in [0.15, 0.2) is 83.0 Å². The molecular weight excluding hydrogens is 446 g/mol. The number of ether oxygens (including phenoxy) is 2. The lowest BCUT2D eigenvalue weighted by Crippen LogP contribution is -2.29. The van der Waals surface area contributed by atoms with E-state index in [-0.39, 0.29) is 12.6 Å². The molecule has 0 fully saturated rings. The number of carbonyl (C=O) groups is 1. The van der Waals surface area contributed by atoms with Crippen molar-refractivity contribution in [3.8, 4) is 11.5 Å². The first-order valence-electron chi connectivity index (χ1n) is 9.55. The summed E-state index contributed by atoms with van der Waals surface area (Å²) in [5.41, 5.74) is 3.25. The van der Waals surface area contributed by atoms with Crippen molar-refractivity contribution in [1.82, 2.24) is 4.90 Å². The first kappa shape index (κ1) is 18.8. The average molecular weight is 464 g/mol. The number of rotatable bonds is 4. The number of nitrogens with zero attached hydrogens (tertiary/aromatic N) is 1. The van der Waals surface area contributed by atoms with Gasteiger partial charge >= 0.3 is 0 Å². The third-order valence-corrected chi connectivity index (χ3v) is 5.84. The van der Waals surface area contributed by atoms with E-state index in [1.807, 2.05) is 72.8 Å². The summed E-state index contributed by atoms with van der Waals surface area (Å²) >= 11 is 3.52. The Labute approximate surface area is 182 Å². The van der Waals surface area contributed by atoms with Crippen LogP contribution in [0.4, 0.5) is 0 Å². The minimum Gasteiger partial charge on any atom is -0.503 e. The molecular formula is C24H18BrNO4. The molecule has 5 rings (SSSR count). The van der Waals surface area contributed by atoms with Gasteiger partial charge in [-0.2, -0.15) is 0 Å². The molecule has 2 aliphatic heterocycles. The Hall–Kier alpha value is -3.25. The van der Waals surface area contributed by atoms with Gasteiger partial charge in [0.1, 0.15) is 0 Å². The van der Waals surface area contributed by atoms with Crippen LogP contribution < -0.4 is 9.47 Å². The van der Waals surface area contributed by atoms with Gasteiger partial charge in [-0.15, -0.1) is 0 Å². The maximum atomic E-state index is 13.1. The molecule has 3 aromatic carbocycles. The third-order valence-electron chi connectivity index (χ3n) is 5.34. The van der Waals surface area contributed by atoms with Crippen LogP contribution in [0.2, 0.25) is 0 Å². The minimum absolute atomic E-state index is 0.197. The molecule has 0 bridgehead atoms. The molecule has 1 atom stereocenters. The highest BCUT2D eigenvalue weighted by atomic mass is 79.9. The topological polar surface area (TPSA) is 59.0 Å². The number of carbonyl (C=O) groups excluding carboxylic acids is 1. The normalized spacial score (nSPS) is 17.7. The second kappa shape index (κ2) is 7.54. The Morgan fingerprint density at radius 1 is 0.967 bits per heavy atom. The van der Waals surface area contributed by atoms with E-state index in [0.717, 1.165) is 21.2 Å². The number of hydrogen-bond acceptors (Lipinski definition) is 4. The van der Waals surface area contributed by atoms with Gasteiger partial charge in [0, 0.05) is 16.6 Å². The standard InChI is InChI=1S/C24H18BrNO4/c25-18-8-4-7-17(12-18)22-21(16-5-2-1-3-6-16)23(27)24(28)26(22)13-15-9-10-19-20(11-15)30-14-29-19/h1-12,22,27H,13-14H2/t22-/m0/s1. The number of aliphatic hydroxyl groups is 1. The molecule has 0 aromatic heterocycles. The van der Waals surface area contributed by atoms with Gasteiger partial charge in [0.15, 0.2) is 17.3 Å². The van der Waals surface area contributed by atoms with Gasteiger partial charge < -0.3 is 19.5 Å². The van der Waals surface area contributed by atoms with Crippen LogP contribution in [0.1, 0.15) is 22.7 Å². The van der Waals surface area contributed by atoms with Crippen molar-refractivity contribution in [2.24, 2.45) is 0 Å². The van der Waals surface area contributed by atoms with E-state index in [2.05, 4.69) is 15.9 Å². The van der Waals surface area contributed by atoms with Gasteiger partial charge in [-0.25, -0.2) is 0 Å². The number of fused-ring (bicyclic) bond motifs is 1. The van der Waals surface area contributed by atoms with Crippen LogP contribution in [0.5, 0.6) is 11.5 Å². The molecule has 1 amide bonds. The summed E-state index contributed by atoms with van der Waals surface area (Å²) in [5.74, 6) is 0.753. The second-order valence-corrected chi connectivity index (χ2v) is 8.12. The predicted octanol–water partition coefficient (Wildman–Crippen LogP) is 5.23. The maximum Gasteiger partial charge on any atom is 0.290 e. The van der Waals surface area contributed by atoms with Crippen molar-refractivity contribution in [2.75, 3.05) is 6.79 Å². The van der Waals surface area contributed by atoms with Gasteiger partial charge in [0.25, 0.3) is 5.91 Å². The summed E-state index contributed by atoms with van der Waals surface area (Å²) in [6.07, 6.45) is 0. The fourth-order valence-corrected chi connectivity index (χ4v) is 4.41. The monoisotopic (exact) mass is 463 g/mol. The van der Waals surface area contributed by atoms with E-state index in [0.29, 0.717) is 23.6 Å². The molecule has 2 aliphatic rings. The highest BCUT2D eigenvalue weighted by molar-refractivity contribution is 9.10. The van der Waals surface area contributed by atoms with Gasteiger partial charge in [-0.3, -0.25) is 4.79 Å². The number of benzene rings is 3. The molecule has 1 N–H and O–H groups in total. The van der Waals surface area contributed by atoms with E-state index in [9.17, 15) is 9.90 Å². The van der Waals surface area contributed by atoms with E-state index in [4.69, 9.17) is 9.47 Å². The largest absolute Gasteiger partial charge is 0.503 e. The van der Waals surface area contributed by atoms with Crippen molar-refractivity contribution >= 4 is 27.4 Å². The molecule has 0 unspecified atom stereocenters. The minimum atomic E-state index is -0.414. The van der Waals surface area contributed by atoms with Crippen LogP contribution in [0.25, 0.3) is 5.57 Å². The fourth-order valence-electron chi connectivity index (χ4n) is 3.99. The summed E-state index contributed by atoms with van der Waals surface area (Å²) < 4.78 is 11.8. The molecule has 5 nitrogen and oxygen atoms in total. The molecule has 30 heavy (non-hydrogen) atoms. The van der Waals surface area contributed by atoms with Gasteiger partial charge in [-0.05, 0) is 41.0 Å². The van der Waals surface area contributed by atoms with Crippen molar-refractivity contribution < 1.29 is 19.4 Å². The van der Waals surface area contributed by atoms with E-state index >= 15 is 0 Å². The summed E-state index contributed by atoms with van der Waals surface area (Å²) in [7, 11) is 0. The quantitative estimate of drug-likeness (QED) is 0.575.